The highest BCUT2D eigenvalue weighted by atomic mass is 79.9. The van der Waals surface area contributed by atoms with Crippen LogP contribution < -0.4 is 5.73 Å². The Morgan fingerprint density at radius 3 is 2.65 bits per heavy atom. The van der Waals surface area contributed by atoms with Crippen molar-refractivity contribution in [2.45, 2.75) is 44.6 Å². The first-order valence-corrected chi connectivity index (χ1v) is 7.09. The molecule has 94 valence electrons. The highest BCUT2D eigenvalue weighted by molar-refractivity contribution is 9.10. The Morgan fingerprint density at radius 2 is 2.06 bits per heavy atom. The summed E-state index contributed by atoms with van der Waals surface area (Å²) in [5.74, 6) is 0.576. The van der Waals surface area contributed by atoms with Crippen molar-refractivity contribution in [3.63, 3.8) is 0 Å². The van der Waals surface area contributed by atoms with Crippen LogP contribution in [0.1, 0.15) is 44.6 Å². The Labute approximate surface area is 111 Å². The smallest absolute Gasteiger partial charge is 0.142 e. The summed E-state index contributed by atoms with van der Waals surface area (Å²) >= 11 is 3.23. The van der Waals surface area contributed by atoms with Crippen LogP contribution in [0.4, 0.5) is 4.39 Å². The molecule has 0 amide bonds. The molecule has 0 atom stereocenters. The van der Waals surface area contributed by atoms with Gasteiger partial charge in [-0.3, -0.25) is 0 Å². The lowest BCUT2D eigenvalue weighted by Gasteiger charge is -2.37. The molecule has 0 unspecified atom stereocenters. The molecule has 17 heavy (non-hydrogen) atoms. The summed E-state index contributed by atoms with van der Waals surface area (Å²) in [6, 6.07) is 5.41. The van der Waals surface area contributed by atoms with Crippen molar-refractivity contribution >= 4 is 15.9 Å². The lowest BCUT2D eigenvalue weighted by atomic mass is 9.72. The fourth-order valence-corrected chi connectivity index (χ4v) is 3.12. The Bertz CT molecular complexity index is 397. The molecule has 2 N–H and O–H groups in total. The first kappa shape index (κ1) is 13.0. The number of nitrogens with two attached hydrogens (primary N) is 1. The number of halogens is 2. The van der Waals surface area contributed by atoms with Crippen LogP contribution in [0.25, 0.3) is 0 Å². The minimum atomic E-state index is -0.473. The summed E-state index contributed by atoms with van der Waals surface area (Å²) in [6.45, 7) is 2.22. The van der Waals surface area contributed by atoms with Crippen LogP contribution in [0.3, 0.4) is 0 Å². The third kappa shape index (κ3) is 2.55. The van der Waals surface area contributed by atoms with E-state index in [9.17, 15) is 4.39 Å². The third-order valence-electron chi connectivity index (χ3n) is 4.06. The topological polar surface area (TPSA) is 26.0 Å². The Morgan fingerprint density at radius 1 is 1.41 bits per heavy atom. The van der Waals surface area contributed by atoms with Gasteiger partial charge in [0.2, 0.25) is 0 Å². The normalized spacial score (nSPS) is 29.3. The van der Waals surface area contributed by atoms with E-state index < -0.39 is 5.54 Å². The zero-order valence-electron chi connectivity index (χ0n) is 10.2. The number of benzene rings is 1. The summed E-state index contributed by atoms with van der Waals surface area (Å²) < 4.78 is 14.6. The monoisotopic (exact) mass is 299 g/mol. The molecule has 0 radical (unpaired) electrons. The minimum absolute atomic E-state index is 0.190. The molecule has 1 nitrogen and oxygen atoms in total. The van der Waals surface area contributed by atoms with E-state index >= 15 is 0 Å². The summed E-state index contributed by atoms with van der Waals surface area (Å²) in [5, 5.41) is 0. The van der Waals surface area contributed by atoms with Crippen molar-refractivity contribution in [1.82, 2.24) is 0 Å². The van der Waals surface area contributed by atoms with Gasteiger partial charge in [0.1, 0.15) is 5.82 Å². The fraction of sp³-hybridized carbons (Fsp3) is 0.571. The van der Waals surface area contributed by atoms with Crippen molar-refractivity contribution in [3.05, 3.63) is 34.1 Å². The molecule has 2 rings (SSSR count). The first-order valence-electron chi connectivity index (χ1n) is 6.30. The largest absolute Gasteiger partial charge is 0.321 e. The molecule has 1 fully saturated rings. The molecule has 1 aromatic carbocycles. The lowest BCUT2D eigenvalue weighted by molar-refractivity contribution is 0.226. The van der Waals surface area contributed by atoms with Gasteiger partial charge >= 0.3 is 0 Å². The Hall–Kier alpha value is -0.410. The molecule has 3 heteroatoms. The van der Waals surface area contributed by atoms with Gasteiger partial charge in [-0.2, -0.15) is 0 Å². The SMILES string of the molecule is CCC1CCC(N)(c2cccc(Br)c2F)CC1. The van der Waals surface area contributed by atoms with Crippen molar-refractivity contribution < 1.29 is 4.39 Å². The summed E-state index contributed by atoms with van der Waals surface area (Å²) in [4.78, 5) is 0. The summed E-state index contributed by atoms with van der Waals surface area (Å²) in [7, 11) is 0. The summed E-state index contributed by atoms with van der Waals surface area (Å²) in [6.07, 6.45) is 5.20. The predicted molar refractivity (Wildman–Crippen MR) is 72.2 cm³/mol. The molecule has 1 aliphatic carbocycles. The quantitative estimate of drug-likeness (QED) is 0.863. The van der Waals surface area contributed by atoms with E-state index in [1.54, 1.807) is 6.07 Å². The van der Waals surface area contributed by atoms with Crippen LogP contribution in [0, 0.1) is 11.7 Å². The molecule has 0 aliphatic heterocycles. The maximum absolute atomic E-state index is 14.1. The van der Waals surface area contributed by atoms with Gasteiger partial charge in [0.05, 0.1) is 4.47 Å². The molecule has 1 aromatic rings. The van der Waals surface area contributed by atoms with E-state index in [1.807, 2.05) is 12.1 Å². The first-order chi connectivity index (χ1) is 8.07. The maximum Gasteiger partial charge on any atom is 0.142 e. The predicted octanol–water partition coefficient (Wildman–Crippen LogP) is 4.34. The van der Waals surface area contributed by atoms with E-state index in [0.29, 0.717) is 10.0 Å². The van der Waals surface area contributed by atoms with Gasteiger partial charge in [0.15, 0.2) is 0 Å². The van der Waals surface area contributed by atoms with E-state index in [-0.39, 0.29) is 5.82 Å². The highest BCUT2D eigenvalue weighted by Crippen LogP contribution is 2.40. The van der Waals surface area contributed by atoms with Crippen molar-refractivity contribution in [2.75, 3.05) is 0 Å². The van der Waals surface area contributed by atoms with E-state index in [1.165, 1.54) is 6.42 Å². The Kier molecular flexibility index (Phi) is 3.88. The van der Waals surface area contributed by atoms with Gasteiger partial charge in [0, 0.05) is 11.1 Å². The van der Waals surface area contributed by atoms with Gasteiger partial charge in [-0.1, -0.05) is 25.5 Å². The molecular weight excluding hydrogens is 281 g/mol. The van der Waals surface area contributed by atoms with Crippen LogP contribution in [-0.4, -0.2) is 0 Å². The van der Waals surface area contributed by atoms with Gasteiger partial charge < -0.3 is 5.73 Å². The van der Waals surface area contributed by atoms with Crippen LogP contribution in [0.15, 0.2) is 22.7 Å². The number of rotatable bonds is 2. The average molecular weight is 300 g/mol. The standard InChI is InChI=1S/C14H19BrFN/c1-2-10-6-8-14(17,9-7-10)11-4-3-5-12(15)13(11)16/h3-5,10H,2,6-9,17H2,1H3. The van der Waals surface area contributed by atoms with Gasteiger partial charge in [-0.15, -0.1) is 0 Å². The zero-order chi connectivity index (χ0) is 12.5. The van der Waals surface area contributed by atoms with E-state index in [2.05, 4.69) is 22.9 Å². The average Bonchev–Trinajstić information content (AvgIpc) is 2.33. The maximum atomic E-state index is 14.1. The second-order valence-electron chi connectivity index (χ2n) is 5.11. The molecule has 1 saturated carbocycles. The van der Waals surface area contributed by atoms with Gasteiger partial charge in [-0.05, 0) is 53.6 Å². The molecule has 0 spiro atoms. The fourth-order valence-electron chi connectivity index (χ4n) is 2.76. The third-order valence-corrected chi connectivity index (χ3v) is 4.68. The summed E-state index contributed by atoms with van der Waals surface area (Å²) in [5.41, 5.74) is 6.60. The van der Waals surface area contributed by atoms with Crippen LogP contribution in [-0.2, 0) is 5.54 Å². The van der Waals surface area contributed by atoms with Crippen LogP contribution in [0.5, 0.6) is 0 Å². The molecule has 1 aliphatic rings. The lowest BCUT2D eigenvalue weighted by Crippen LogP contribution is -2.41. The molecule has 0 heterocycles. The molecule has 0 bridgehead atoms. The van der Waals surface area contributed by atoms with Crippen molar-refractivity contribution in [3.8, 4) is 0 Å². The van der Waals surface area contributed by atoms with E-state index in [4.69, 9.17) is 5.73 Å². The molecule has 0 saturated heterocycles. The van der Waals surface area contributed by atoms with E-state index in [0.717, 1.165) is 31.6 Å². The van der Waals surface area contributed by atoms with Crippen molar-refractivity contribution in [1.29, 1.82) is 0 Å². The molecular formula is C14H19BrFN. The second-order valence-corrected chi connectivity index (χ2v) is 5.96. The van der Waals surface area contributed by atoms with Gasteiger partial charge in [0.25, 0.3) is 0 Å². The number of hydrogen-bond donors (Lipinski definition) is 1. The minimum Gasteiger partial charge on any atom is -0.321 e. The second kappa shape index (κ2) is 5.07. The highest BCUT2D eigenvalue weighted by Gasteiger charge is 2.35. The van der Waals surface area contributed by atoms with Crippen LogP contribution >= 0.6 is 15.9 Å². The van der Waals surface area contributed by atoms with Crippen LogP contribution in [0.2, 0.25) is 0 Å². The van der Waals surface area contributed by atoms with Gasteiger partial charge in [-0.25, -0.2) is 4.39 Å². The Balaban J connectivity index is 2.24. The number of hydrogen-bond acceptors (Lipinski definition) is 1. The zero-order valence-corrected chi connectivity index (χ0v) is 11.8. The molecule has 0 aromatic heterocycles. The van der Waals surface area contributed by atoms with Crippen molar-refractivity contribution in [2.24, 2.45) is 11.7 Å².